The van der Waals surface area contributed by atoms with Crippen LogP contribution in [-0.2, 0) is 17.9 Å². The van der Waals surface area contributed by atoms with Gasteiger partial charge in [-0.1, -0.05) is 11.6 Å². The molecule has 0 fully saturated rings. The van der Waals surface area contributed by atoms with E-state index in [9.17, 15) is 9.90 Å². The van der Waals surface area contributed by atoms with Crippen molar-refractivity contribution in [3.05, 3.63) is 16.4 Å². The third-order valence-electron chi connectivity index (χ3n) is 2.41. The van der Waals surface area contributed by atoms with Gasteiger partial charge in [0.1, 0.15) is 6.10 Å². The predicted molar refractivity (Wildman–Crippen MR) is 64.6 cm³/mol. The molecule has 0 spiro atoms. The number of amides is 1. The molecule has 17 heavy (non-hydrogen) atoms. The van der Waals surface area contributed by atoms with Crippen LogP contribution >= 0.6 is 11.6 Å². The molecule has 0 radical (unpaired) electrons. The van der Waals surface area contributed by atoms with Crippen molar-refractivity contribution in [2.75, 3.05) is 6.54 Å². The van der Waals surface area contributed by atoms with Crippen LogP contribution in [0, 0.1) is 6.92 Å². The Morgan fingerprint density at radius 2 is 2.35 bits per heavy atom. The maximum Gasteiger partial charge on any atom is 0.247 e. The van der Waals surface area contributed by atoms with Gasteiger partial charge in [-0.15, -0.1) is 0 Å². The van der Waals surface area contributed by atoms with Gasteiger partial charge in [0.2, 0.25) is 5.91 Å². The first-order chi connectivity index (χ1) is 7.97. The van der Waals surface area contributed by atoms with Crippen molar-refractivity contribution in [3.63, 3.8) is 0 Å². The first kappa shape index (κ1) is 14.0. The largest absolute Gasteiger partial charge is 0.382 e. The fraction of sp³-hybridized carbons (Fsp3) is 0.600. The molecule has 0 aromatic carbocycles. The Bertz CT molecular complexity index is 405. The lowest BCUT2D eigenvalue weighted by Gasteiger charge is -2.09. The summed E-state index contributed by atoms with van der Waals surface area (Å²) in [6.45, 7) is 5.03. The molecule has 0 aliphatic heterocycles. The van der Waals surface area contributed by atoms with Crippen molar-refractivity contribution in [1.82, 2.24) is 15.1 Å². The summed E-state index contributed by atoms with van der Waals surface area (Å²) in [5.74, 6) is -0.747. The van der Waals surface area contributed by atoms with Crippen LogP contribution in [0.3, 0.4) is 0 Å². The SMILES string of the molecule is CCn1nc(C)c(Cl)c1CNCC(O)C(N)=O. The maximum atomic E-state index is 10.6. The number of halogens is 1. The molecule has 0 aliphatic carbocycles. The van der Waals surface area contributed by atoms with Crippen LogP contribution in [0.2, 0.25) is 5.02 Å². The van der Waals surface area contributed by atoms with Gasteiger partial charge in [-0.25, -0.2) is 0 Å². The molecule has 1 unspecified atom stereocenters. The topological polar surface area (TPSA) is 93.2 Å². The van der Waals surface area contributed by atoms with Gasteiger partial charge in [0.05, 0.1) is 16.4 Å². The Morgan fingerprint density at radius 3 is 2.88 bits per heavy atom. The average molecular weight is 261 g/mol. The van der Waals surface area contributed by atoms with Gasteiger partial charge in [0, 0.05) is 19.6 Å². The number of hydrogen-bond donors (Lipinski definition) is 3. The minimum Gasteiger partial charge on any atom is -0.382 e. The number of nitrogens with one attached hydrogen (secondary N) is 1. The van der Waals surface area contributed by atoms with E-state index in [4.69, 9.17) is 17.3 Å². The van der Waals surface area contributed by atoms with E-state index in [1.54, 1.807) is 4.68 Å². The van der Waals surface area contributed by atoms with Crippen LogP contribution < -0.4 is 11.1 Å². The van der Waals surface area contributed by atoms with E-state index in [-0.39, 0.29) is 6.54 Å². The number of aliphatic hydroxyl groups excluding tert-OH is 1. The highest BCUT2D eigenvalue weighted by Crippen LogP contribution is 2.19. The Kier molecular flexibility index (Phi) is 4.92. The molecule has 0 bridgehead atoms. The second-order valence-corrected chi connectivity index (χ2v) is 4.09. The smallest absolute Gasteiger partial charge is 0.247 e. The van der Waals surface area contributed by atoms with Crippen LogP contribution in [-0.4, -0.2) is 33.4 Å². The Morgan fingerprint density at radius 1 is 1.71 bits per heavy atom. The van der Waals surface area contributed by atoms with E-state index in [1.807, 2.05) is 13.8 Å². The van der Waals surface area contributed by atoms with Gasteiger partial charge < -0.3 is 16.2 Å². The quantitative estimate of drug-likeness (QED) is 0.660. The molecular formula is C10H17ClN4O2. The molecule has 1 heterocycles. The van der Waals surface area contributed by atoms with Crippen LogP contribution in [0.5, 0.6) is 0 Å². The minimum absolute atomic E-state index is 0.0968. The number of nitrogens with zero attached hydrogens (tertiary/aromatic N) is 2. The molecule has 1 aromatic heterocycles. The highest BCUT2D eigenvalue weighted by molar-refractivity contribution is 6.31. The van der Waals surface area contributed by atoms with Crippen LogP contribution in [0.15, 0.2) is 0 Å². The van der Waals surface area contributed by atoms with Gasteiger partial charge in [-0.3, -0.25) is 9.48 Å². The van der Waals surface area contributed by atoms with Gasteiger partial charge >= 0.3 is 0 Å². The van der Waals surface area contributed by atoms with E-state index in [1.165, 1.54) is 0 Å². The molecule has 7 heteroatoms. The first-order valence-electron chi connectivity index (χ1n) is 5.37. The summed E-state index contributed by atoms with van der Waals surface area (Å²) in [5, 5.41) is 17.0. The van der Waals surface area contributed by atoms with E-state index in [2.05, 4.69) is 10.4 Å². The summed E-state index contributed by atoms with van der Waals surface area (Å²) in [4.78, 5) is 10.6. The first-order valence-corrected chi connectivity index (χ1v) is 5.75. The van der Waals surface area contributed by atoms with Crippen LogP contribution in [0.1, 0.15) is 18.3 Å². The number of nitrogens with two attached hydrogens (primary N) is 1. The second kappa shape index (κ2) is 6.00. The number of hydrogen-bond acceptors (Lipinski definition) is 4. The lowest BCUT2D eigenvalue weighted by molar-refractivity contribution is -0.125. The van der Waals surface area contributed by atoms with Gasteiger partial charge in [0.15, 0.2) is 0 Å². The standard InChI is InChI=1S/C10H17ClN4O2/c1-3-15-7(9(11)6(2)14-15)4-13-5-8(16)10(12)17/h8,13,16H,3-5H2,1-2H3,(H2,12,17). The van der Waals surface area contributed by atoms with Crippen molar-refractivity contribution in [3.8, 4) is 0 Å². The third-order valence-corrected chi connectivity index (χ3v) is 2.90. The number of aryl methyl sites for hydroxylation is 2. The van der Waals surface area contributed by atoms with E-state index in [0.29, 0.717) is 18.1 Å². The molecule has 0 saturated carbocycles. The highest BCUT2D eigenvalue weighted by atomic mass is 35.5. The Hall–Kier alpha value is -1.11. The molecule has 1 atom stereocenters. The highest BCUT2D eigenvalue weighted by Gasteiger charge is 2.14. The monoisotopic (exact) mass is 260 g/mol. The second-order valence-electron chi connectivity index (χ2n) is 3.71. The van der Waals surface area contributed by atoms with Crippen molar-refractivity contribution in [1.29, 1.82) is 0 Å². The van der Waals surface area contributed by atoms with Gasteiger partial charge in [-0.05, 0) is 13.8 Å². The summed E-state index contributed by atoms with van der Waals surface area (Å²) in [6, 6.07) is 0. The third kappa shape index (κ3) is 3.42. The van der Waals surface area contributed by atoms with Gasteiger partial charge in [0.25, 0.3) is 0 Å². The lowest BCUT2D eigenvalue weighted by atomic mass is 10.3. The number of aromatic nitrogens is 2. The molecule has 1 rings (SSSR count). The minimum atomic E-state index is -1.19. The van der Waals surface area contributed by atoms with Crippen molar-refractivity contribution >= 4 is 17.5 Å². The number of aliphatic hydroxyl groups is 1. The average Bonchev–Trinajstić information content (AvgIpc) is 2.56. The van der Waals surface area contributed by atoms with E-state index in [0.717, 1.165) is 11.4 Å². The summed E-state index contributed by atoms with van der Waals surface area (Å²) in [5.41, 5.74) is 6.53. The Balaban J connectivity index is 2.60. The fourth-order valence-electron chi connectivity index (χ4n) is 1.47. The van der Waals surface area contributed by atoms with Crippen molar-refractivity contribution in [2.24, 2.45) is 5.73 Å². The molecular weight excluding hydrogens is 244 g/mol. The molecule has 0 saturated heterocycles. The van der Waals surface area contributed by atoms with Gasteiger partial charge in [-0.2, -0.15) is 5.10 Å². The molecule has 1 amide bonds. The normalized spacial score (nSPS) is 12.7. The van der Waals surface area contributed by atoms with E-state index >= 15 is 0 Å². The summed E-state index contributed by atoms with van der Waals surface area (Å²) < 4.78 is 1.78. The number of rotatable bonds is 6. The lowest BCUT2D eigenvalue weighted by Crippen LogP contribution is -2.37. The summed E-state index contributed by atoms with van der Waals surface area (Å²) in [7, 11) is 0. The predicted octanol–water partition coefficient (Wildman–Crippen LogP) is -0.199. The summed E-state index contributed by atoms with van der Waals surface area (Å²) in [6.07, 6.45) is -1.19. The fourth-order valence-corrected chi connectivity index (χ4v) is 1.67. The van der Waals surface area contributed by atoms with Crippen LogP contribution in [0.25, 0.3) is 0 Å². The zero-order chi connectivity index (χ0) is 13.0. The molecule has 6 nitrogen and oxygen atoms in total. The number of primary amides is 1. The summed E-state index contributed by atoms with van der Waals surface area (Å²) >= 11 is 6.09. The number of carbonyl (C=O) groups excluding carboxylic acids is 1. The zero-order valence-corrected chi connectivity index (χ0v) is 10.7. The molecule has 4 N–H and O–H groups in total. The Labute approximate surface area is 105 Å². The maximum absolute atomic E-state index is 10.6. The molecule has 1 aromatic rings. The van der Waals surface area contributed by atoms with Crippen LogP contribution in [0.4, 0.5) is 0 Å². The van der Waals surface area contributed by atoms with Crippen molar-refractivity contribution < 1.29 is 9.90 Å². The number of carbonyl (C=O) groups is 1. The zero-order valence-electron chi connectivity index (χ0n) is 9.90. The molecule has 96 valence electrons. The molecule has 0 aliphatic rings. The van der Waals surface area contributed by atoms with Crippen molar-refractivity contribution in [2.45, 2.75) is 33.0 Å². The van der Waals surface area contributed by atoms with E-state index < -0.39 is 12.0 Å².